The molecule has 1 atom stereocenters. The summed E-state index contributed by atoms with van der Waals surface area (Å²) in [6.45, 7) is 2.18. The van der Waals surface area contributed by atoms with Crippen molar-refractivity contribution >= 4 is 41.3 Å². The van der Waals surface area contributed by atoms with E-state index in [1.54, 1.807) is 13.2 Å². The Kier molecular flexibility index (Phi) is 8.44. The fourth-order valence-corrected chi connectivity index (χ4v) is 3.21. The molecule has 6 nitrogen and oxygen atoms in total. The van der Waals surface area contributed by atoms with Crippen LogP contribution in [-0.4, -0.2) is 39.1 Å². The first kappa shape index (κ1) is 23.9. The molecule has 3 N–H and O–H groups in total. The fraction of sp³-hybridized carbons (Fsp3) is 0.350. The summed E-state index contributed by atoms with van der Waals surface area (Å²) in [5.74, 6) is 0.784. The first-order chi connectivity index (χ1) is 13.8. The summed E-state index contributed by atoms with van der Waals surface area (Å²) < 4.78 is 46.8. The van der Waals surface area contributed by atoms with Crippen molar-refractivity contribution in [3.8, 4) is 11.5 Å². The van der Waals surface area contributed by atoms with E-state index in [0.717, 1.165) is 30.9 Å². The molecule has 0 aromatic heterocycles. The van der Waals surface area contributed by atoms with Crippen LogP contribution in [0.3, 0.4) is 0 Å². The average molecular weight is 536 g/mol. The van der Waals surface area contributed by atoms with Gasteiger partial charge in [-0.1, -0.05) is 18.2 Å². The third-order valence-electron chi connectivity index (χ3n) is 4.60. The van der Waals surface area contributed by atoms with Crippen LogP contribution >= 0.6 is 24.0 Å². The van der Waals surface area contributed by atoms with Crippen molar-refractivity contribution in [1.29, 1.82) is 0 Å². The number of methoxy groups -OCH3 is 1. The highest BCUT2D eigenvalue weighted by molar-refractivity contribution is 14.0. The van der Waals surface area contributed by atoms with E-state index in [0.29, 0.717) is 12.5 Å². The summed E-state index contributed by atoms with van der Waals surface area (Å²) >= 11 is 0. The van der Waals surface area contributed by atoms with Crippen LogP contribution in [-0.2, 0) is 0 Å². The number of benzene rings is 2. The van der Waals surface area contributed by atoms with Crippen LogP contribution in [0.25, 0.3) is 0 Å². The number of ether oxygens (including phenoxy) is 2. The molecular formula is C20H24F3IN4O2. The molecule has 3 rings (SSSR count). The summed E-state index contributed by atoms with van der Waals surface area (Å²) in [5, 5.41) is 2.69. The van der Waals surface area contributed by atoms with Gasteiger partial charge in [0.05, 0.1) is 12.8 Å². The van der Waals surface area contributed by atoms with Crippen molar-refractivity contribution < 1.29 is 22.6 Å². The van der Waals surface area contributed by atoms with Gasteiger partial charge in [0.1, 0.15) is 5.75 Å². The number of hydrogen-bond donors (Lipinski definition) is 2. The van der Waals surface area contributed by atoms with Gasteiger partial charge in [-0.15, -0.1) is 37.1 Å². The van der Waals surface area contributed by atoms with E-state index in [1.807, 2.05) is 24.3 Å². The van der Waals surface area contributed by atoms with Gasteiger partial charge in [0.2, 0.25) is 0 Å². The molecule has 2 aromatic carbocycles. The fourth-order valence-electron chi connectivity index (χ4n) is 3.21. The van der Waals surface area contributed by atoms with Gasteiger partial charge in [-0.2, -0.15) is 0 Å². The minimum atomic E-state index is -4.78. The Labute approximate surface area is 190 Å². The second kappa shape index (κ2) is 10.6. The lowest BCUT2D eigenvalue weighted by molar-refractivity contribution is -0.274. The molecule has 30 heavy (non-hydrogen) atoms. The van der Waals surface area contributed by atoms with Crippen LogP contribution in [0.5, 0.6) is 11.5 Å². The Morgan fingerprint density at radius 3 is 2.73 bits per heavy atom. The number of para-hydroxylation sites is 2. The SMILES string of the molecule is COc1cccc(N2CCC(CN=C(N)Nc3ccccc3OC(F)(F)F)C2)c1.I. The highest BCUT2D eigenvalue weighted by Gasteiger charge is 2.32. The maximum atomic E-state index is 12.5. The maximum absolute atomic E-state index is 12.5. The molecule has 1 aliphatic rings. The number of guanidine groups is 1. The van der Waals surface area contributed by atoms with Crippen molar-refractivity contribution in [2.75, 3.05) is 37.0 Å². The smallest absolute Gasteiger partial charge is 0.497 e. The average Bonchev–Trinajstić information content (AvgIpc) is 3.16. The second-order valence-corrected chi connectivity index (χ2v) is 6.70. The quantitative estimate of drug-likeness (QED) is 0.324. The molecule has 0 spiro atoms. The number of alkyl halides is 3. The first-order valence-corrected chi connectivity index (χ1v) is 9.15. The number of rotatable bonds is 6. The molecule has 0 amide bonds. The van der Waals surface area contributed by atoms with E-state index in [1.165, 1.54) is 18.2 Å². The minimum absolute atomic E-state index is 0. The van der Waals surface area contributed by atoms with Gasteiger partial charge < -0.3 is 25.4 Å². The Balaban J connectivity index is 0.00000320. The van der Waals surface area contributed by atoms with Crippen LogP contribution in [0, 0.1) is 5.92 Å². The van der Waals surface area contributed by atoms with Crippen molar-refractivity contribution in [3.05, 3.63) is 48.5 Å². The minimum Gasteiger partial charge on any atom is -0.497 e. The van der Waals surface area contributed by atoms with Gasteiger partial charge in [0.15, 0.2) is 11.7 Å². The molecule has 0 bridgehead atoms. The predicted molar refractivity (Wildman–Crippen MR) is 122 cm³/mol. The molecule has 10 heteroatoms. The largest absolute Gasteiger partial charge is 0.573 e. The normalized spacial score (nSPS) is 16.7. The summed E-state index contributed by atoms with van der Waals surface area (Å²) in [5.41, 5.74) is 7.06. The molecule has 1 unspecified atom stereocenters. The highest BCUT2D eigenvalue weighted by atomic mass is 127. The standard InChI is InChI=1S/C20H23F3N4O2.HI/c1-28-16-6-4-5-15(11-16)27-10-9-14(13-27)12-25-19(24)26-17-7-2-3-8-18(17)29-20(21,22)23;/h2-8,11,14H,9-10,12-13H2,1H3,(H3,24,25,26);1H. The Morgan fingerprint density at radius 1 is 1.23 bits per heavy atom. The number of aliphatic imine (C=N–C) groups is 1. The van der Waals surface area contributed by atoms with Crippen LogP contribution in [0.1, 0.15) is 6.42 Å². The molecule has 2 aromatic rings. The van der Waals surface area contributed by atoms with Crippen molar-refractivity contribution in [2.24, 2.45) is 16.6 Å². The number of hydrogen-bond acceptors (Lipinski definition) is 4. The Morgan fingerprint density at radius 2 is 2.00 bits per heavy atom. The predicted octanol–water partition coefficient (Wildman–Crippen LogP) is 4.46. The van der Waals surface area contributed by atoms with E-state index < -0.39 is 6.36 Å². The lowest BCUT2D eigenvalue weighted by atomic mass is 10.1. The van der Waals surface area contributed by atoms with Crippen LogP contribution in [0.15, 0.2) is 53.5 Å². The maximum Gasteiger partial charge on any atom is 0.573 e. The Hall–Kier alpha value is -2.37. The summed E-state index contributed by atoms with van der Waals surface area (Å²) in [7, 11) is 1.63. The van der Waals surface area contributed by atoms with E-state index in [4.69, 9.17) is 10.5 Å². The zero-order valence-corrected chi connectivity index (χ0v) is 18.7. The number of halogens is 4. The zero-order valence-electron chi connectivity index (χ0n) is 16.4. The molecule has 1 aliphatic heterocycles. The van der Waals surface area contributed by atoms with Crippen molar-refractivity contribution in [2.45, 2.75) is 12.8 Å². The Bertz CT molecular complexity index is 864. The van der Waals surface area contributed by atoms with Gasteiger partial charge in [0.25, 0.3) is 0 Å². The number of nitrogens with two attached hydrogens (primary N) is 1. The number of anilines is 2. The number of nitrogens with one attached hydrogen (secondary N) is 1. The highest BCUT2D eigenvalue weighted by Crippen LogP contribution is 2.30. The summed E-state index contributed by atoms with van der Waals surface area (Å²) in [4.78, 5) is 6.54. The summed E-state index contributed by atoms with van der Waals surface area (Å²) in [6.07, 6.45) is -3.83. The van der Waals surface area contributed by atoms with E-state index in [-0.39, 0.29) is 41.4 Å². The molecule has 1 fully saturated rings. The van der Waals surface area contributed by atoms with Crippen molar-refractivity contribution in [3.63, 3.8) is 0 Å². The van der Waals surface area contributed by atoms with Gasteiger partial charge in [0, 0.05) is 31.4 Å². The molecule has 0 aliphatic carbocycles. The monoisotopic (exact) mass is 536 g/mol. The third kappa shape index (κ3) is 6.85. The van der Waals surface area contributed by atoms with Gasteiger partial charge in [-0.3, -0.25) is 4.99 Å². The van der Waals surface area contributed by atoms with Gasteiger partial charge >= 0.3 is 6.36 Å². The second-order valence-electron chi connectivity index (χ2n) is 6.70. The van der Waals surface area contributed by atoms with E-state index in [9.17, 15) is 13.2 Å². The first-order valence-electron chi connectivity index (χ1n) is 9.15. The lowest BCUT2D eigenvalue weighted by Crippen LogP contribution is -2.26. The van der Waals surface area contributed by atoms with Crippen LogP contribution in [0.4, 0.5) is 24.5 Å². The molecule has 164 valence electrons. The molecule has 0 radical (unpaired) electrons. The number of nitrogens with zero attached hydrogens (tertiary/aromatic N) is 2. The van der Waals surface area contributed by atoms with E-state index >= 15 is 0 Å². The third-order valence-corrected chi connectivity index (χ3v) is 4.60. The van der Waals surface area contributed by atoms with Crippen LogP contribution in [0.2, 0.25) is 0 Å². The van der Waals surface area contributed by atoms with Gasteiger partial charge in [-0.05, 0) is 36.6 Å². The molecule has 0 saturated carbocycles. The molecule has 1 heterocycles. The van der Waals surface area contributed by atoms with Crippen molar-refractivity contribution in [1.82, 2.24) is 0 Å². The summed E-state index contributed by atoms with van der Waals surface area (Å²) in [6, 6.07) is 13.6. The van der Waals surface area contributed by atoms with Crippen LogP contribution < -0.4 is 25.4 Å². The topological polar surface area (TPSA) is 72.1 Å². The molecule has 1 saturated heterocycles. The van der Waals surface area contributed by atoms with Gasteiger partial charge in [-0.25, -0.2) is 0 Å². The zero-order chi connectivity index (χ0) is 20.9. The lowest BCUT2D eigenvalue weighted by Gasteiger charge is -2.19. The molecular weight excluding hydrogens is 512 g/mol. The van der Waals surface area contributed by atoms with E-state index in [2.05, 4.69) is 19.9 Å².